The van der Waals surface area contributed by atoms with E-state index in [0.29, 0.717) is 22.8 Å². The number of rotatable bonds is 8. The average molecular weight is 401 g/mol. The van der Waals surface area contributed by atoms with Crippen LogP contribution in [0.4, 0.5) is 11.4 Å². The van der Waals surface area contributed by atoms with E-state index in [4.69, 9.17) is 10.3 Å². The Hall–Kier alpha value is -2.94. The van der Waals surface area contributed by atoms with E-state index in [9.17, 15) is 4.79 Å². The van der Waals surface area contributed by atoms with Crippen LogP contribution in [0.15, 0.2) is 52.2 Å². The molecule has 148 valence electrons. The van der Waals surface area contributed by atoms with E-state index in [1.54, 1.807) is 12.1 Å². The molecule has 3 aromatic rings. The summed E-state index contributed by atoms with van der Waals surface area (Å²) in [6, 6.07) is 11.7. The van der Waals surface area contributed by atoms with Gasteiger partial charge >= 0.3 is 0 Å². The average Bonchev–Trinajstić information content (AvgIpc) is 3.31. The molecule has 0 atom stereocenters. The third-order valence-corrected chi connectivity index (χ3v) is 5.13. The van der Waals surface area contributed by atoms with E-state index in [0.717, 1.165) is 17.9 Å². The molecule has 0 radical (unpaired) electrons. The number of nitrogens with one attached hydrogen (secondary N) is 1. The van der Waals surface area contributed by atoms with Gasteiger partial charge in [-0.25, -0.2) is 4.68 Å². The number of furan rings is 1. The van der Waals surface area contributed by atoms with E-state index < -0.39 is 0 Å². The lowest BCUT2D eigenvalue weighted by atomic mass is 10.2. The Morgan fingerprint density at radius 3 is 2.64 bits per heavy atom. The molecule has 0 saturated heterocycles. The Labute approximate surface area is 168 Å². The van der Waals surface area contributed by atoms with Crippen molar-refractivity contribution in [2.75, 3.05) is 28.4 Å². The summed E-state index contributed by atoms with van der Waals surface area (Å²) in [4.78, 5) is 14.5. The van der Waals surface area contributed by atoms with Gasteiger partial charge in [-0.2, -0.15) is 0 Å². The highest BCUT2D eigenvalue weighted by molar-refractivity contribution is 7.99. The molecule has 9 heteroatoms. The fraction of sp³-hybridized carbons (Fsp3) is 0.316. The minimum Gasteiger partial charge on any atom is -0.461 e. The lowest BCUT2D eigenvalue weighted by Crippen LogP contribution is -2.30. The summed E-state index contributed by atoms with van der Waals surface area (Å²) < 4.78 is 6.59. The zero-order chi connectivity index (χ0) is 20.1. The molecule has 28 heavy (non-hydrogen) atoms. The van der Waals surface area contributed by atoms with Gasteiger partial charge in [0, 0.05) is 24.0 Å². The monoisotopic (exact) mass is 400 g/mol. The Morgan fingerprint density at radius 2 is 2.04 bits per heavy atom. The van der Waals surface area contributed by atoms with E-state index in [-0.39, 0.29) is 11.7 Å². The van der Waals surface area contributed by atoms with Crippen molar-refractivity contribution in [3.8, 4) is 11.6 Å². The molecular formula is C19H24N6O2S. The Balaban J connectivity index is 1.56. The number of nitrogens with two attached hydrogens (primary N) is 1. The predicted octanol–water partition coefficient (Wildman–Crippen LogP) is 3.22. The minimum atomic E-state index is -0.142. The lowest BCUT2D eigenvalue weighted by molar-refractivity contribution is -0.113. The molecule has 2 aromatic heterocycles. The molecule has 2 heterocycles. The number of carbonyl (C=O) groups excluding carboxylic acids is 1. The highest BCUT2D eigenvalue weighted by atomic mass is 32.2. The molecule has 3 rings (SSSR count). The molecular weight excluding hydrogens is 376 g/mol. The SMILES string of the molecule is CCN(c1ccc(NC(=O)CSc2nnc(-c3ccco3)n2N)cc1)C(C)C. The molecule has 0 aliphatic carbocycles. The number of carbonyl (C=O) groups is 1. The summed E-state index contributed by atoms with van der Waals surface area (Å²) in [6.07, 6.45) is 1.54. The van der Waals surface area contributed by atoms with Gasteiger partial charge in [0.15, 0.2) is 5.76 Å². The topological polar surface area (TPSA) is 102 Å². The Morgan fingerprint density at radius 1 is 1.29 bits per heavy atom. The molecule has 8 nitrogen and oxygen atoms in total. The standard InChI is InChI=1S/C19H24N6O2S/c1-4-24(13(2)3)15-9-7-14(8-10-15)21-17(26)12-28-19-23-22-18(25(19)20)16-6-5-11-27-16/h5-11,13H,4,12,20H2,1-3H3,(H,21,26). The van der Waals surface area contributed by atoms with Gasteiger partial charge in [-0.3, -0.25) is 4.79 Å². The number of nitrogens with zero attached hydrogens (tertiary/aromatic N) is 4. The van der Waals surface area contributed by atoms with Crippen LogP contribution in [-0.4, -0.2) is 39.1 Å². The van der Waals surface area contributed by atoms with Gasteiger partial charge in [-0.05, 0) is 57.2 Å². The van der Waals surface area contributed by atoms with Gasteiger partial charge < -0.3 is 20.5 Å². The first-order chi connectivity index (χ1) is 13.5. The highest BCUT2D eigenvalue weighted by Crippen LogP contribution is 2.23. The second-order valence-electron chi connectivity index (χ2n) is 6.42. The fourth-order valence-corrected chi connectivity index (χ4v) is 3.52. The Kier molecular flexibility index (Phi) is 6.25. The van der Waals surface area contributed by atoms with Crippen molar-refractivity contribution in [1.29, 1.82) is 0 Å². The number of benzene rings is 1. The summed E-state index contributed by atoms with van der Waals surface area (Å²) in [5.74, 6) is 6.95. The molecule has 0 unspecified atom stereocenters. The summed E-state index contributed by atoms with van der Waals surface area (Å²) in [7, 11) is 0. The zero-order valence-corrected chi connectivity index (χ0v) is 16.9. The maximum absolute atomic E-state index is 12.3. The van der Waals surface area contributed by atoms with Gasteiger partial charge in [0.05, 0.1) is 12.0 Å². The van der Waals surface area contributed by atoms with Crippen LogP contribution in [0.5, 0.6) is 0 Å². The van der Waals surface area contributed by atoms with Crippen molar-refractivity contribution >= 4 is 29.0 Å². The smallest absolute Gasteiger partial charge is 0.234 e. The number of hydrogen-bond donors (Lipinski definition) is 2. The maximum atomic E-state index is 12.3. The van der Waals surface area contributed by atoms with Crippen LogP contribution in [0.1, 0.15) is 20.8 Å². The molecule has 3 N–H and O–H groups in total. The van der Waals surface area contributed by atoms with Crippen molar-refractivity contribution in [2.24, 2.45) is 0 Å². The summed E-state index contributed by atoms with van der Waals surface area (Å²) in [5, 5.41) is 11.3. The van der Waals surface area contributed by atoms with Crippen LogP contribution in [0, 0.1) is 0 Å². The number of anilines is 2. The first-order valence-electron chi connectivity index (χ1n) is 9.03. The second kappa shape index (κ2) is 8.83. The molecule has 0 saturated carbocycles. The number of amides is 1. The van der Waals surface area contributed by atoms with Crippen molar-refractivity contribution in [2.45, 2.75) is 32.0 Å². The van der Waals surface area contributed by atoms with Crippen molar-refractivity contribution in [3.05, 3.63) is 42.7 Å². The van der Waals surface area contributed by atoms with E-state index >= 15 is 0 Å². The van der Waals surface area contributed by atoms with Crippen LogP contribution in [0.25, 0.3) is 11.6 Å². The third kappa shape index (κ3) is 4.48. The number of hydrogen-bond acceptors (Lipinski definition) is 7. The molecule has 1 aromatic carbocycles. The second-order valence-corrected chi connectivity index (χ2v) is 7.36. The molecule has 0 bridgehead atoms. The maximum Gasteiger partial charge on any atom is 0.234 e. The van der Waals surface area contributed by atoms with Gasteiger partial charge in [0.25, 0.3) is 0 Å². The number of nitrogen functional groups attached to an aromatic ring is 1. The number of aromatic nitrogens is 3. The van der Waals surface area contributed by atoms with Gasteiger partial charge in [0.2, 0.25) is 16.9 Å². The lowest BCUT2D eigenvalue weighted by Gasteiger charge is -2.27. The van der Waals surface area contributed by atoms with Crippen LogP contribution in [0.3, 0.4) is 0 Å². The minimum absolute atomic E-state index is 0.142. The van der Waals surface area contributed by atoms with Gasteiger partial charge in [0.1, 0.15) is 0 Å². The zero-order valence-electron chi connectivity index (χ0n) is 16.1. The summed E-state index contributed by atoms with van der Waals surface area (Å²) in [6.45, 7) is 7.37. The molecule has 0 spiro atoms. The van der Waals surface area contributed by atoms with E-state index in [1.807, 2.05) is 24.3 Å². The molecule has 0 fully saturated rings. The van der Waals surface area contributed by atoms with Gasteiger partial charge in [-0.15, -0.1) is 10.2 Å². The quantitative estimate of drug-likeness (QED) is 0.442. The largest absolute Gasteiger partial charge is 0.461 e. The molecule has 0 aliphatic rings. The van der Waals surface area contributed by atoms with Crippen molar-refractivity contribution in [1.82, 2.24) is 14.9 Å². The normalized spacial score (nSPS) is 11.0. The summed E-state index contributed by atoms with van der Waals surface area (Å²) in [5.41, 5.74) is 1.88. The van der Waals surface area contributed by atoms with Crippen LogP contribution >= 0.6 is 11.8 Å². The molecule has 1 amide bonds. The molecule has 0 aliphatic heterocycles. The Bertz CT molecular complexity index is 905. The fourth-order valence-electron chi connectivity index (χ4n) is 2.86. The van der Waals surface area contributed by atoms with Crippen LogP contribution in [-0.2, 0) is 4.79 Å². The van der Waals surface area contributed by atoms with Crippen LogP contribution in [0.2, 0.25) is 0 Å². The first-order valence-corrected chi connectivity index (χ1v) is 10.0. The van der Waals surface area contributed by atoms with E-state index in [1.165, 1.54) is 22.7 Å². The van der Waals surface area contributed by atoms with Crippen molar-refractivity contribution in [3.63, 3.8) is 0 Å². The number of thioether (sulfide) groups is 1. The predicted molar refractivity (Wildman–Crippen MR) is 112 cm³/mol. The van der Waals surface area contributed by atoms with E-state index in [2.05, 4.69) is 41.2 Å². The van der Waals surface area contributed by atoms with Crippen LogP contribution < -0.4 is 16.1 Å². The first kappa shape index (κ1) is 19.8. The van der Waals surface area contributed by atoms with Crippen molar-refractivity contribution < 1.29 is 9.21 Å². The highest BCUT2D eigenvalue weighted by Gasteiger charge is 2.15. The summed E-state index contributed by atoms with van der Waals surface area (Å²) >= 11 is 1.21. The third-order valence-electron chi connectivity index (χ3n) is 4.19. The van der Waals surface area contributed by atoms with Gasteiger partial charge in [-0.1, -0.05) is 11.8 Å².